The first kappa shape index (κ1) is 41.9. The predicted octanol–water partition coefficient (Wildman–Crippen LogP) is 10.3. The van der Waals surface area contributed by atoms with E-state index in [1.807, 2.05) is 6.08 Å². The Morgan fingerprint density at radius 3 is 1.78 bits per heavy atom. The topological polar surface area (TPSA) is 92.7 Å². The second-order valence-corrected chi connectivity index (χ2v) is 11.4. The number of carbonyl (C=O) groups excluding carboxylic acids is 2. The van der Waals surface area contributed by atoms with Crippen LogP contribution in [0, 0.1) is 0 Å². The summed E-state index contributed by atoms with van der Waals surface area (Å²) in [5, 5.41) is 11.0. The van der Waals surface area contributed by atoms with Gasteiger partial charge in [-0.1, -0.05) is 119 Å². The molecule has 0 aromatic heterocycles. The zero-order chi connectivity index (χ0) is 33.1. The van der Waals surface area contributed by atoms with E-state index in [1.54, 1.807) is 0 Å². The standard InChI is InChI=1S/C39H63NO5/c1-3-5-7-9-11-12-13-14-15-16-17-18-19-20-22-24-30-34-39(44)45-36(31-27-23-21-10-8-6-4-2)32-28-25-26-29-33-37(41)40-35-38(42)43/h5,7,10-12,14-15,17-18,21,27,31,36H,3-4,6,8-9,13,16,19-20,22-26,28-30,32-35H2,1-2H3,(H,40,41)(H,42,43)/b7-5-,12-11-,15-14-,18-17-,21-10-,31-27-. The van der Waals surface area contributed by atoms with Crippen molar-refractivity contribution < 1.29 is 24.2 Å². The molecule has 0 saturated heterocycles. The molecule has 0 spiro atoms. The molecule has 6 heteroatoms. The van der Waals surface area contributed by atoms with Gasteiger partial charge >= 0.3 is 11.9 Å². The van der Waals surface area contributed by atoms with E-state index in [9.17, 15) is 14.4 Å². The molecule has 0 aliphatic heterocycles. The Morgan fingerprint density at radius 2 is 1.16 bits per heavy atom. The largest absolute Gasteiger partial charge is 0.480 e. The van der Waals surface area contributed by atoms with Gasteiger partial charge in [0.25, 0.3) is 0 Å². The van der Waals surface area contributed by atoms with Gasteiger partial charge in [-0.25, -0.2) is 0 Å². The smallest absolute Gasteiger partial charge is 0.322 e. The average molecular weight is 626 g/mol. The third-order valence-corrected chi connectivity index (χ3v) is 7.10. The van der Waals surface area contributed by atoms with Crippen molar-refractivity contribution in [2.24, 2.45) is 0 Å². The number of ether oxygens (including phenoxy) is 1. The Kier molecular flexibility index (Phi) is 31.4. The van der Waals surface area contributed by atoms with Crippen molar-refractivity contribution >= 4 is 17.8 Å². The minimum absolute atomic E-state index is 0.128. The van der Waals surface area contributed by atoms with Crippen LogP contribution in [0.25, 0.3) is 0 Å². The van der Waals surface area contributed by atoms with Crippen LogP contribution in [0.3, 0.4) is 0 Å². The van der Waals surface area contributed by atoms with E-state index in [0.717, 1.165) is 103 Å². The molecule has 0 bridgehead atoms. The molecular weight excluding hydrogens is 562 g/mol. The van der Waals surface area contributed by atoms with Crippen molar-refractivity contribution in [2.75, 3.05) is 6.54 Å². The van der Waals surface area contributed by atoms with Gasteiger partial charge in [0.05, 0.1) is 0 Å². The van der Waals surface area contributed by atoms with Crippen LogP contribution in [0.1, 0.15) is 142 Å². The Morgan fingerprint density at radius 1 is 0.622 bits per heavy atom. The summed E-state index contributed by atoms with van der Waals surface area (Å²) >= 11 is 0. The van der Waals surface area contributed by atoms with Crippen molar-refractivity contribution in [1.29, 1.82) is 0 Å². The van der Waals surface area contributed by atoms with Crippen LogP contribution >= 0.6 is 0 Å². The number of aliphatic carboxylic acids is 1. The normalized spacial score (nSPS) is 12.9. The zero-order valence-corrected chi connectivity index (χ0v) is 28.4. The first-order valence-corrected chi connectivity index (χ1v) is 17.6. The van der Waals surface area contributed by atoms with E-state index >= 15 is 0 Å². The van der Waals surface area contributed by atoms with Crippen molar-refractivity contribution in [1.82, 2.24) is 5.32 Å². The number of amides is 1. The first-order chi connectivity index (χ1) is 22.0. The SMILES string of the molecule is CC/C=C\C/C=C\C/C=C\C/C=C\CCCCCCC(=O)OC(/C=C\C/C=C\CCCC)CCCCCCC(=O)NCC(=O)O. The Labute approximate surface area is 274 Å². The number of unbranched alkanes of at least 4 members (excludes halogenated alkanes) is 9. The van der Waals surface area contributed by atoms with E-state index in [1.165, 1.54) is 12.8 Å². The van der Waals surface area contributed by atoms with E-state index in [0.29, 0.717) is 12.8 Å². The molecule has 0 heterocycles. The summed E-state index contributed by atoms with van der Waals surface area (Å²) in [6.07, 6.45) is 44.6. The molecule has 6 nitrogen and oxygen atoms in total. The van der Waals surface area contributed by atoms with E-state index in [-0.39, 0.29) is 24.5 Å². The van der Waals surface area contributed by atoms with Crippen molar-refractivity contribution in [3.05, 3.63) is 72.9 Å². The lowest BCUT2D eigenvalue weighted by atomic mass is 10.1. The Bertz CT molecular complexity index is 912. The van der Waals surface area contributed by atoms with Gasteiger partial charge in [-0.3, -0.25) is 14.4 Å². The predicted molar refractivity (Wildman–Crippen MR) is 189 cm³/mol. The Balaban J connectivity index is 4.21. The minimum atomic E-state index is -1.04. The summed E-state index contributed by atoms with van der Waals surface area (Å²) < 4.78 is 5.83. The van der Waals surface area contributed by atoms with Crippen LogP contribution in [0.4, 0.5) is 0 Å². The van der Waals surface area contributed by atoms with Gasteiger partial charge in [0.1, 0.15) is 12.6 Å². The second kappa shape index (κ2) is 33.7. The van der Waals surface area contributed by atoms with E-state index in [4.69, 9.17) is 9.84 Å². The van der Waals surface area contributed by atoms with E-state index in [2.05, 4.69) is 86.0 Å². The number of carboxylic acid groups (broad SMARTS) is 1. The summed E-state index contributed by atoms with van der Waals surface area (Å²) in [7, 11) is 0. The number of carboxylic acids is 1. The molecule has 0 rings (SSSR count). The van der Waals surface area contributed by atoms with Crippen molar-refractivity contribution in [3.63, 3.8) is 0 Å². The fourth-order valence-electron chi connectivity index (χ4n) is 4.50. The summed E-state index contributed by atoms with van der Waals surface area (Å²) in [6.45, 7) is 4.00. The monoisotopic (exact) mass is 625 g/mol. The highest BCUT2D eigenvalue weighted by molar-refractivity contribution is 5.80. The van der Waals surface area contributed by atoms with Crippen LogP contribution in [0.5, 0.6) is 0 Å². The van der Waals surface area contributed by atoms with Gasteiger partial charge in [0, 0.05) is 12.8 Å². The lowest BCUT2D eigenvalue weighted by molar-refractivity contribution is -0.147. The second-order valence-electron chi connectivity index (χ2n) is 11.4. The number of carbonyl (C=O) groups is 3. The molecule has 1 unspecified atom stereocenters. The molecule has 0 aliphatic carbocycles. The lowest BCUT2D eigenvalue weighted by Crippen LogP contribution is -2.28. The number of hydrogen-bond donors (Lipinski definition) is 2. The van der Waals surface area contributed by atoms with Crippen LogP contribution in [0.15, 0.2) is 72.9 Å². The molecule has 0 saturated carbocycles. The summed E-state index contributed by atoms with van der Waals surface area (Å²) in [6, 6.07) is 0. The number of allylic oxidation sites excluding steroid dienone is 11. The molecule has 2 N–H and O–H groups in total. The molecule has 0 fully saturated rings. The highest BCUT2D eigenvalue weighted by Crippen LogP contribution is 2.14. The molecule has 1 amide bonds. The maximum absolute atomic E-state index is 12.6. The maximum Gasteiger partial charge on any atom is 0.322 e. The van der Waals surface area contributed by atoms with Crippen molar-refractivity contribution in [2.45, 2.75) is 148 Å². The molecule has 1 atom stereocenters. The molecule has 0 aromatic carbocycles. The molecular formula is C39H63NO5. The quantitative estimate of drug-likeness (QED) is 0.0471. The van der Waals surface area contributed by atoms with Crippen molar-refractivity contribution in [3.8, 4) is 0 Å². The van der Waals surface area contributed by atoms with Gasteiger partial charge in [-0.05, 0) is 83.1 Å². The van der Waals surface area contributed by atoms with Gasteiger partial charge in [-0.15, -0.1) is 0 Å². The minimum Gasteiger partial charge on any atom is -0.480 e. The first-order valence-electron chi connectivity index (χ1n) is 17.6. The number of hydrogen-bond acceptors (Lipinski definition) is 4. The van der Waals surface area contributed by atoms with Gasteiger partial charge < -0.3 is 15.2 Å². The van der Waals surface area contributed by atoms with Crippen LogP contribution in [-0.2, 0) is 19.1 Å². The highest BCUT2D eigenvalue weighted by atomic mass is 16.5. The van der Waals surface area contributed by atoms with Crippen LogP contribution < -0.4 is 5.32 Å². The van der Waals surface area contributed by atoms with Gasteiger partial charge in [0.15, 0.2) is 0 Å². The van der Waals surface area contributed by atoms with Gasteiger partial charge in [0.2, 0.25) is 5.91 Å². The fraction of sp³-hybridized carbons (Fsp3) is 0.615. The molecule has 0 aliphatic rings. The summed E-state index contributed by atoms with van der Waals surface area (Å²) in [4.78, 5) is 34.7. The number of esters is 1. The Hall–Kier alpha value is -3.15. The maximum atomic E-state index is 12.6. The van der Waals surface area contributed by atoms with Gasteiger partial charge in [-0.2, -0.15) is 0 Å². The highest BCUT2D eigenvalue weighted by Gasteiger charge is 2.11. The molecule has 254 valence electrons. The van der Waals surface area contributed by atoms with Crippen LogP contribution in [0.2, 0.25) is 0 Å². The zero-order valence-electron chi connectivity index (χ0n) is 28.4. The van der Waals surface area contributed by atoms with Crippen LogP contribution in [-0.4, -0.2) is 35.6 Å². The summed E-state index contributed by atoms with van der Waals surface area (Å²) in [5.74, 6) is -1.39. The molecule has 0 radical (unpaired) electrons. The third kappa shape index (κ3) is 33.6. The average Bonchev–Trinajstić information content (AvgIpc) is 3.02. The number of rotatable bonds is 30. The third-order valence-electron chi connectivity index (χ3n) is 7.10. The summed E-state index contributed by atoms with van der Waals surface area (Å²) in [5.41, 5.74) is 0. The molecule has 0 aromatic rings. The molecule has 45 heavy (non-hydrogen) atoms. The lowest BCUT2D eigenvalue weighted by Gasteiger charge is -2.14. The number of nitrogens with one attached hydrogen (secondary N) is 1. The fourth-order valence-corrected chi connectivity index (χ4v) is 4.50. The van der Waals surface area contributed by atoms with E-state index < -0.39 is 5.97 Å².